The fourth-order valence-electron chi connectivity index (χ4n) is 2.53. The third-order valence-electron chi connectivity index (χ3n) is 3.51. The molecule has 0 radical (unpaired) electrons. The highest BCUT2D eigenvalue weighted by Crippen LogP contribution is 2.11. The Morgan fingerprint density at radius 1 is 1.42 bits per heavy atom. The van der Waals surface area contributed by atoms with E-state index in [-0.39, 0.29) is 12.4 Å². The lowest BCUT2D eigenvalue weighted by molar-refractivity contribution is -0.901. The van der Waals surface area contributed by atoms with E-state index in [1.54, 1.807) is 12.0 Å². The van der Waals surface area contributed by atoms with Crippen molar-refractivity contribution in [1.29, 1.82) is 0 Å². The average molecular weight is 280 g/mol. The summed E-state index contributed by atoms with van der Waals surface area (Å²) >= 11 is 0. The van der Waals surface area contributed by atoms with Crippen LogP contribution in [0.3, 0.4) is 0 Å². The van der Waals surface area contributed by atoms with Crippen molar-refractivity contribution in [2.24, 2.45) is 5.92 Å². The minimum atomic E-state index is 0. The van der Waals surface area contributed by atoms with Crippen LogP contribution in [0, 0.1) is 17.8 Å². The molecule has 19 heavy (non-hydrogen) atoms. The van der Waals surface area contributed by atoms with Gasteiger partial charge in [0.25, 0.3) is 0 Å². The van der Waals surface area contributed by atoms with Crippen LogP contribution in [0.15, 0.2) is 24.3 Å². The van der Waals surface area contributed by atoms with Gasteiger partial charge in [0, 0.05) is 11.5 Å². The fraction of sp³-hybridized carbons (Fsp3) is 0.500. The second kappa shape index (κ2) is 8.09. The lowest BCUT2D eigenvalue weighted by Gasteiger charge is -2.26. The molecule has 1 aliphatic heterocycles. The summed E-state index contributed by atoms with van der Waals surface area (Å²) in [7, 11) is 1.69. The van der Waals surface area contributed by atoms with Crippen LogP contribution < -0.4 is 22.0 Å². The van der Waals surface area contributed by atoms with Gasteiger partial charge in [0.1, 0.15) is 12.3 Å². The van der Waals surface area contributed by atoms with Gasteiger partial charge in [-0.15, -0.1) is 0 Å². The molecule has 2 atom stereocenters. The molecular weight excluding hydrogens is 258 g/mol. The molecule has 1 aliphatic rings. The van der Waals surface area contributed by atoms with E-state index < -0.39 is 0 Å². The minimum Gasteiger partial charge on any atom is -1.00 e. The van der Waals surface area contributed by atoms with Crippen molar-refractivity contribution in [2.75, 3.05) is 26.7 Å². The number of benzene rings is 1. The van der Waals surface area contributed by atoms with E-state index in [1.807, 2.05) is 24.3 Å². The van der Waals surface area contributed by atoms with Crippen molar-refractivity contribution >= 4 is 0 Å². The molecule has 0 amide bonds. The van der Waals surface area contributed by atoms with Gasteiger partial charge in [-0.1, -0.05) is 18.9 Å². The molecule has 0 bridgehead atoms. The summed E-state index contributed by atoms with van der Waals surface area (Å²) in [5.74, 6) is 8.26. The quantitative estimate of drug-likeness (QED) is 0.642. The van der Waals surface area contributed by atoms with Crippen LogP contribution >= 0.6 is 0 Å². The zero-order chi connectivity index (χ0) is 12.8. The van der Waals surface area contributed by atoms with Gasteiger partial charge in [-0.2, -0.15) is 0 Å². The topological polar surface area (TPSA) is 13.7 Å². The number of quaternary nitrogens is 1. The first kappa shape index (κ1) is 15.9. The number of methoxy groups -OCH3 is 1. The van der Waals surface area contributed by atoms with Gasteiger partial charge >= 0.3 is 0 Å². The third-order valence-corrected chi connectivity index (χ3v) is 3.51. The molecule has 1 N–H and O–H groups in total. The van der Waals surface area contributed by atoms with Gasteiger partial charge < -0.3 is 22.0 Å². The molecule has 2 nitrogen and oxygen atoms in total. The Morgan fingerprint density at radius 2 is 2.26 bits per heavy atom. The molecule has 104 valence electrons. The summed E-state index contributed by atoms with van der Waals surface area (Å²) in [6, 6.07) is 7.95. The lowest BCUT2D eigenvalue weighted by Crippen LogP contribution is -3.13. The van der Waals surface area contributed by atoms with Gasteiger partial charge in [-0.3, -0.25) is 0 Å². The summed E-state index contributed by atoms with van der Waals surface area (Å²) in [4.78, 5) is 1.63. The Bertz CT molecular complexity index is 450. The maximum atomic E-state index is 5.19. The van der Waals surface area contributed by atoms with E-state index in [9.17, 15) is 0 Å². The number of rotatable bonds is 2. The standard InChI is InChI=1S/C16H21NO.ClH/c1-14-6-4-10-17(13-14)11-5-8-15-7-3-9-16(12-15)18-2;/h3,7,9,12,14H,4,6,10-11,13H2,1-2H3;1H. The number of hydrogen-bond acceptors (Lipinski definition) is 1. The predicted octanol–water partition coefficient (Wildman–Crippen LogP) is -1.63. The largest absolute Gasteiger partial charge is 1.00 e. The first-order valence-electron chi connectivity index (χ1n) is 6.74. The van der Waals surface area contributed by atoms with Crippen molar-refractivity contribution in [3.63, 3.8) is 0 Å². The zero-order valence-corrected chi connectivity index (χ0v) is 12.5. The SMILES string of the molecule is COc1cccc(C#CC[NH+]2CCCC(C)C2)c1.[Cl-]. The summed E-state index contributed by atoms with van der Waals surface area (Å²) in [6.45, 7) is 5.85. The Labute approximate surface area is 122 Å². The maximum Gasteiger partial charge on any atom is 0.139 e. The van der Waals surface area contributed by atoms with Crippen LogP contribution in [-0.2, 0) is 0 Å². The number of hydrogen-bond donors (Lipinski definition) is 1. The third kappa shape index (κ3) is 5.14. The van der Waals surface area contributed by atoms with Gasteiger partial charge in [-0.25, -0.2) is 0 Å². The average Bonchev–Trinajstić information content (AvgIpc) is 2.39. The van der Waals surface area contributed by atoms with Crippen LogP contribution in [0.2, 0.25) is 0 Å². The summed E-state index contributed by atoms with van der Waals surface area (Å²) in [6.07, 6.45) is 2.73. The molecule has 1 aromatic carbocycles. The second-order valence-corrected chi connectivity index (χ2v) is 5.16. The van der Waals surface area contributed by atoms with Gasteiger partial charge in [-0.05, 0) is 37.0 Å². The zero-order valence-electron chi connectivity index (χ0n) is 11.7. The summed E-state index contributed by atoms with van der Waals surface area (Å²) < 4.78 is 5.19. The van der Waals surface area contributed by atoms with Crippen molar-refractivity contribution in [1.82, 2.24) is 0 Å². The van der Waals surface area contributed by atoms with Gasteiger partial charge in [0.15, 0.2) is 0 Å². The molecule has 1 fully saturated rings. The molecule has 2 rings (SSSR count). The first-order chi connectivity index (χ1) is 8.78. The minimum absolute atomic E-state index is 0. The smallest absolute Gasteiger partial charge is 0.139 e. The van der Waals surface area contributed by atoms with Crippen LogP contribution in [-0.4, -0.2) is 26.7 Å². The Morgan fingerprint density at radius 3 is 3.00 bits per heavy atom. The Kier molecular flexibility index (Phi) is 6.77. The molecule has 0 saturated carbocycles. The van der Waals surface area contributed by atoms with E-state index in [4.69, 9.17) is 4.74 Å². The Hall–Kier alpha value is -1.17. The highest BCUT2D eigenvalue weighted by Gasteiger charge is 2.17. The number of ether oxygens (including phenoxy) is 1. The van der Waals surface area contributed by atoms with Crippen molar-refractivity contribution in [3.8, 4) is 17.6 Å². The van der Waals surface area contributed by atoms with E-state index in [1.165, 1.54) is 25.9 Å². The van der Waals surface area contributed by atoms with Crippen LogP contribution in [0.5, 0.6) is 5.75 Å². The maximum absolute atomic E-state index is 5.19. The number of halogens is 1. The van der Waals surface area contributed by atoms with E-state index in [2.05, 4.69) is 18.8 Å². The van der Waals surface area contributed by atoms with Crippen LogP contribution in [0.25, 0.3) is 0 Å². The molecule has 1 saturated heterocycles. The Balaban J connectivity index is 0.00000180. The summed E-state index contributed by atoms with van der Waals surface area (Å²) in [5.41, 5.74) is 1.04. The van der Waals surface area contributed by atoms with Gasteiger partial charge in [0.05, 0.1) is 20.2 Å². The van der Waals surface area contributed by atoms with E-state index in [0.717, 1.165) is 23.8 Å². The van der Waals surface area contributed by atoms with Crippen LogP contribution in [0.4, 0.5) is 0 Å². The van der Waals surface area contributed by atoms with Crippen molar-refractivity contribution < 1.29 is 22.0 Å². The van der Waals surface area contributed by atoms with Gasteiger partial charge in [0.2, 0.25) is 0 Å². The van der Waals surface area contributed by atoms with Crippen molar-refractivity contribution in [3.05, 3.63) is 29.8 Å². The van der Waals surface area contributed by atoms with E-state index in [0.29, 0.717) is 0 Å². The molecule has 1 aromatic rings. The number of likely N-dealkylation sites (tertiary alicyclic amines) is 1. The molecule has 0 spiro atoms. The fourth-order valence-corrected chi connectivity index (χ4v) is 2.53. The second-order valence-electron chi connectivity index (χ2n) is 5.16. The highest BCUT2D eigenvalue weighted by atomic mass is 35.5. The molecule has 2 unspecified atom stereocenters. The number of nitrogens with one attached hydrogen (secondary N) is 1. The molecular formula is C16H22ClNO. The molecule has 3 heteroatoms. The monoisotopic (exact) mass is 279 g/mol. The predicted molar refractivity (Wildman–Crippen MR) is 73.8 cm³/mol. The molecule has 0 aromatic heterocycles. The normalized spacial score (nSPS) is 21.8. The first-order valence-corrected chi connectivity index (χ1v) is 6.74. The summed E-state index contributed by atoms with van der Waals surface area (Å²) in [5, 5.41) is 0. The highest BCUT2D eigenvalue weighted by molar-refractivity contribution is 5.39. The van der Waals surface area contributed by atoms with Crippen LogP contribution in [0.1, 0.15) is 25.3 Å². The molecule has 1 heterocycles. The lowest BCUT2D eigenvalue weighted by atomic mass is 10.0. The number of piperidine rings is 1. The van der Waals surface area contributed by atoms with E-state index >= 15 is 0 Å². The molecule has 0 aliphatic carbocycles. The van der Waals surface area contributed by atoms with Crippen molar-refractivity contribution in [2.45, 2.75) is 19.8 Å².